The number of nitrogens with one attached hydrogen (secondary N) is 1. The van der Waals surface area contributed by atoms with E-state index in [1.807, 2.05) is 0 Å². The molecule has 2 aromatic carbocycles. The second-order valence-electron chi connectivity index (χ2n) is 9.23. The van der Waals surface area contributed by atoms with Crippen LogP contribution in [0, 0.1) is 0 Å². The van der Waals surface area contributed by atoms with Crippen LogP contribution in [0.3, 0.4) is 0 Å². The molecule has 0 aliphatic carbocycles. The van der Waals surface area contributed by atoms with Crippen LogP contribution in [-0.4, -0.2) is 33.3 Å². The van der Waals surface area contributed by atoms with E-state index in [2.05, 4.69) is 10.4 Å². The van der Waals surface area contributed by atoms with Gasteiger partial charge in [0.15, 0.2) is 5.69 Å². The first-order chi connectivity index (χ1) is 18.9. The Kier molecular flexibility index (Phi) is 7.47. The molecule has 0 fully saturated rings. The number of halogens is 9. The summed E-state index contributed by atoms with van der Waals surface area (Å²) in [6.07, 6.45) is -15.4. The third-order valence-electron chi connectivity index (χ3n) is 6.33. The van der Waals surface area contributed by atoms with E-state index in [9.17, 15) is 49.1 Å². The number of carbonyl (C=O) groups is 2. The van der Waals surface area contributed by atoms with Crippen LogP contribution in [0.1, 0.15) is 61.6 Å². The number of hydrogen-bond acceptors (Lipinski definition) is 4. The van der Waals surface area contributed by atoms with Gasteiger partial charge in [-0.2, -0.15) is 44.6 Å². The third kappa shape index (κ3) is 6.25. The lowest BCUT2D eigenvalue weighted by atomic mass is 10.0. The second-order valence-corrected chi connectivity index (χ2v) is 9.23. The van der Waals surface area contributed by atoms with Crippen molar-refractivity contribution in [1.29, 1.82) is 0 Å². The third-order valence-corrected chi connectivity index (χ3v) is 6.33. The van der Waals surface area contributed by atoms with E-state index in [1.165, 1.54) is 31.2 Å². The summed E-state index contributed by atoms with van der Waals surface area (Å²) in [4.78, 5) is 25.3. The highest BCUT2D eigenvalue weighted by atomic mass is 19.4. The second kappa shape index (κ2) is 10.3. The van der Waals surface area contributed by atoms with Gasteiger partial charge < -0.3 is 15.3 Å². The minimum Gasteiger partial charge on any atom is -0.478 e. The molecule has 1 atom stereocenters. The van der Waals surface area contributed by atoms with Gasteiger partial charge in [0.1, 0.15) is 11.4 Å². The van der Waals surface area contributed by atoms with E-state index >= 15 is 0 Å². The van der Waals surface area contributed by atoms with Crippen molar-refractivity contribution in [2.75, 3.05) is 11.4 Å². The highest BCUT2D eigenvalue weighted by molar-refractivity contribution is 6.01. The largest absolute Gasteiger partial charge is 0.478 e. The van der Waals surface area contributed by atoms with Crippen LogP contribution in [0.4, 0.5) is 45.3 Å². The molecule has 2 N–H and O–H groups in total. The van der Waals surface area contributed by atoms with Gasteiger partial charge in [-0.1, -0.05) is 12.1 Å². The maximum Gasteiger partial charge on any atom is 0.436 e. The van der Waals surface area contributed by atoms with Crippen molar-refractivity contribution in [2.24, 2.45) is 0 Å². The predicted molar refractivity (Wildman–Crippen MR) is 124 cm³/mol. The van der Waals surface area contributed by atoms with Crippen molar-refractivity contribution < 1.29 is 54.2 Å². The van der Waals surface area contributed by atoms with Crippen molar-refractivity contribution in [3.05, 3.63) is 81.5 Å². The number of amides is 1. The lowest BCUT2D eigenvalue weighted by Gasteiger charge is -2.22. The quantitative estimate of drug-likeness (QED) is 0.335. The van der Waals surface area contributed by atoms with Crippen LogP contribution in [-0.2, 0) is 31.6 Å². The van der Waals surface area contributed by atoms with Gasteiger partial charge >= 0.3 is 24.5 Å². The molecule has 1 aliphatic rings. The Balaban J connectivity index is 1.70. The Labute approximate surface area is 225 Å². The molecule has 1 unspecified atom stereocenters. The number of alkyl halides is 9. The van der Waals surface area contributed by atoms with Crippen LogP contribution >= 0.6 is 0 Å². The fourth-order valence-electron chi connectivity index (χ4n) is 4.41. The van der Waals surface area contributed by atoms with Crippen molar-refractivity contribution in [1.82, 2.24) is 15.1 Å². The Bertz CT molecular complexity index is 1440. The zero-order valence-corrected chi connectivity index (χ0v) is 20.7. The van der Waals surface area contributed by atoms with Crippen LogP contribution in [0.2, 0.25) is 0 Å². The molecule has 4 rings (SSSR count). The summed E-state index contributed by atoms with van der Waals surface area (Å²) < 4.78 is 122. The summed E-state index contributed by atoms with van der Waals surface area (Å²) in [7, 11) is 0. The van der Waals surface area contributed by atoms with E-state index in [4.69, 9.17) is 5.11 Å². The SMILES string of the molecule is CC(NC(=O)c1c(C(F)(F)F)nn2c1N(Cc1cc(C(F)(F)F)cc(C(F)(F)F)c1)CC2)c1ccc(C(=O)O)cc1. The molecule has 0 spiro atoms. The van der Waals surface area contributed by atoms with Gasteiger partial charge in [0, 0.05) is 13.1 Å². The standard InChI is InChI=1S/C25H19F9N4O3/c1-12(14-2-4-15(5-3-14)22(40)41)35-20(39)18-19(25(32,33)34)36-38-7-6-37(21(18)38)11-13-8-16(23(26,27)28)10-17(9-13)24(29,30)31/h2-5,8-10,12H,6-7,11H2,1H3,(H,35,39)(H,40,41). The van der Waals surface area contributed by atoms with Gasteiger partial charge in [-0.25, -0.2) is 9.48 Å². The van der Waals surface area contributed by atoms with Gasteiger partial charge in [-0.05, 0) is 48.4 Å². The van der Waals surface area contributed by atoms with Crippen LogP contribution in [0.25, 0.3) is 0 Å². The lowest BCUT2D eigenvalue weighted by Crippen LogP contribution is -2.31. The number of fused-ring (bicyclic) bond motifs is 1. The number of nitrogens with zero attached hydrogens (tertiary/aromatic N) is 3. The van der Waals surface area contributed by atoms with Crippen LogP contribution in [0.5, 0.6) is 0 Å². The molecule has 41 heavy (non-hydrogen) atoms. The molecule has 1 amide bonds. The van der Waals surface area contributed by atoms with E-state index in [1.54, 1.807) is 0 Å². The first kappa shape index (κ1) is 29.7. The average molecular weight is 594 g/mol. The molecular formula is C25H19F9N4O3. The number of rotatable bonds is 6. The molecule has 0 saturated carbocycles. The number of carbonyl (C=O) groups excluding carboxylic acids is 1. The normalized spacial score (nSPS) is 14.6. The molecule has 0 saturated heterocycles. The predicted octanol–water partition coefficient (Wildman–Crippen LogP) is 6.15. The lowest BCUT2D eigenvalue weighted by molar-refractivity contribution is -0.143. The zero-order valence-electron chi connectivity index (χ0n) is 20.7. The average Bonchev–Trinajstić information content (AvgIpc) is 3.43. The van der Waals surface area contributed by atoms with Gasteiger partial charge in [0.2, 0.25) is 0 Å². The Hall–Kier alpha value is -4.24. The van der Waals surface area contributed by atoms with Crippen LogP contribution < -0.4 is 10.2 Å². The fraction of sp³-hybridized carbons (Fsp3) is 0.320. The fourth-order valence-corrected chi connectivity index (χ4v) is 4.41. The monoisotopic (exact) mass is 594 g/mol. The number of aromatic nitrogens is 2. The summed E-state index contributed by atoms with van der Waals surface area (Å²) in [6, 6.07) is 5.08. The summed E-state index contributed by atoms with van der Waals surface area (Å²) in [5.74, 6) is -2.89. The van der Waals surface area contributed by atoms with Crippen molar-refractivity contribution >= 4 is 17.7 Å². The minimum atomic E-state index is -5.13. The summed E-state index contributed by atoms with van der Waals surface area (Å²) in [5.41, 5.74) is -5.93. The number of aromatic carboxylic acids is 1. The highest BCUT2D eigenvalue weighted by Gasteiger charge is 2.44. The van der Waals surface area contributed by atoms with Gasteiger partial charge in [0.25, 0.3) is 5.91 Å². The molecule has 220 valence electrons. The molecule has 2 heterocycles. The van der Waals surface area contributed by atoms with Crippen molar-refractivity contribution in [3.63, 3.8) is 0 Å². The molecule has 1 aromatic heterocycles. The summed E-state index contributed by atoms with van der Waals surface area (Å²) >= 11 is 0. The zero-order chi connectivity index (χ0) is 30.5. The maximum atomic E-state index is 13.9. The number of benzene rings is 2. The van der Waals surface area contributed by atoms with E-state index in [-0.39, 0.29) is 24.7 Å². The Morgan fingerprint density at radius 3 is 1.95 bits per heavy atom. The molecule has 1 aliphatic heterocycles. The molecule has 0 bridgehead atoms. The Morgan fingerprint density at radius 1 is 0.902 bits per heavy atom. The molecular weight excluding hydrogens is 575 g/mol. The molecule has 3 aromatic rings. The first-order valence-corrected chi connectivity index (χ1v) is 11.7. The molecule has 0 radical (unpaired) electrons. The smallest absolute Gasteiger partial charge is 0.436 e. The van der Waals surface area contributed by atoms with Gasteiger partial charge in [0.05, 0.1) is 29.3 Å². The number of anilines is 1. The van der Waals surface area contributed by atoms with Crippen LogP contribution in [0.15, 0.2) is 42.5 Å². The minimum absolute atomic E-state index is 0.0667. The van der Waals surface area contributed by atoms with Crippen molar-refractivity contribution in [2.45, 2.75) is 44.6 Å². The maximum absolute atomic E-state index is 13.9. The van der Waals surface area contributed by atoms with Gasteiger partial charge in [-0.15, -0.1) is 0 Å². The van der Waals surface area contributed by atoms with E-state index in [0.717, 1.165) is 9.58 Å². The molecule has 7 nitrogen and oxygen atoms in total. The number of hydrogen-bond donors (Lipinski definition) is 2. The number of carboxylic acids is 1. The van der Waals surface area contributed by atoms with E-state index in [0.29, 0.717) is 17.7 Å². The number of carboxylic acid groups (broad SMARTS) is 1. The highest BCUT2D eigenvalue weighted by Crippen LogP contribution is 2.40. The van der Waals surface area contributed by atoms with E-state index < -0.39 is 76.8 Å². The Morgan fingerprint density at radius 2 is 1.46 bits per heavy atom. The van der Waals surface area contributed by atoms with Gasteiger partial charge in [-0.3, -0.25) is 4.79 Å². The molecule has 16 heteroatoms. The summed E-state index contributed by atoms with van der Waals surface area (Å²) in [6.45, 7) is 0.375. The van der Waals surface area contributed by atoms with Crippen molar-refractivity contribution in [3.8, 4) is 0 Å². The first-order valence-electron chi connectivity index (χ1n) is 11.7. The topological polar surface area (TPSA) is 87.5 Å². The summed E-state index contributed by atoms with van der Waals surface area (Å²) in [5, 5.41) is 14.9.